The van der Waals surface area contributed by atoms with Gasteiger partial charge < -0.3 is 29.1 Å². The summed E-state index contributed by atoms with van der Waals surface area (Å²) in [5.41, 5.74) is 3.99. The zero-order chi connectivity index (χ0) is 43.8. The summed E-state index contributed by atoms with van der Waals surface area (Å²) in [6.07, 6.45) is 1.46. The fraction of sp³-hybridized carbons (Fsp3) is 0.440. The Labute approximate surface area is 364 Å². The monoisotopic (exact) mass is 846 g/mol. The van der Waals surface area contributed by atoms with Crippen molar-refractivity contribution in [1.29, 1.82) is 0 Å². The molecule has 2 fully saturated rings. The molecule has 0 aromatic heterocycles. The summed E-state index contributed by atoms with van der Waals surface area (Å²) < 4.78 is 6.54. The molecule has 1 N–H and O–H groups in total. The van der Waals surface area contributed by atoms with Crippen LogP contribution in [0.1, 0.15) is 43.0 Å². The van der Waals surface area contributed by atoms with Crippen LogP contribution in [0.5, 0.6) is 0 Å². The van der Waals surface area contributed by atoms with Crippen molar-refractivity contribution in [2.75, 3.05) is 65.6 Å². The average molecular weight is 847 g/mol. The van der Waals surface area contributed by atoms with Crippen molar-refractivity contribution in [3.63, 3.8) is 0 Å². The maximum absolute atomic E-state index is 13.2. The first-order valence-corrected chi connectivity index (χ1v) is 24.6. The Hall–Kier alpha value is -5.10. The highest BCUT2D eigenvalue weighted by molar-refractivity contribution is 6.74. The highest BCUT2D eigenvalue weighted by Crippen LogP contribution is 2.37. The molecule has 4 aromatic carbocycles. The predicted octanol–water partition coefficient (Wildman–Crippen LogP) is 6.53. The lowest BCUT2D eigenvalue weighted by Crippen LogP contribution is -2.44. The minimum Gasteiger partial charge on any atom is -0.416 e. The maximum atomic E-state index is 13.2. The lowest BCUT2D eigenvalue weighted by molar-refractivity contribution is -0.132. The van der Waals surface area contributed by atoms with E-state index < -0.39 is 8.32 Å². The summed E-state index contributed by atoms with van der Waals surface area (Å²) in [5.74, 6) is 0.277. The number of carbonyl (C=O) groups excluding carboxylic acids is 4. The smallest absolute Gasteiger partial charge is 0.227 e. The van der Waals surface area contributed by atoms with Crippen LogP contribution in [-0.2, 0) is 49.3 Å². The Morgan fingerprint density at radius 3 is 1.02 bits per heavy atom. The van der Waals surface area contributed by atoms with Gasteiger partial charge in [-0.05, 0) is 40.4 Å². The van der Waals surface area contributed by atoms with Crippen molar-refractivity contribution >= 4 is 31.9 Å². The van der Waals surface area contributed by atoms with Crippen LogP contribution in [0.4, 0.5) is 0 Å². The third-order valence-electron chi connectivity index (χ3n) is 12.1. The van der Waals surface area contributed by atoms with Gasteiger partial charge in [-0.15, -0.1) is 0 Å². The summed E-state index contributed by atoms with van der Waals surface area (Å²) in [4.78, 5) is 59.2. The molecule has 11 heteroatoms. The molecule has 4 amide bonds. The number of aliphatic hydroxyl groups excluding tert-OH is 1. The molecular formula is C50H66N4O6Si. The highest BCUT2D eigenvalue weighted by Gasteiger charge is 2.38. The van der Waals surface area contributed by atoms with E-state index in [1.165, 1.54) is 0 Å². The quantitative estimate of drug-likeness (QED) is 0.163. The van der Waals surface area contributed by atoms with Crippen molar-refractivity contribution < 1.29 is 28.7 Å². The molecule has 4 aromatic rings. The van der Waals surface area contributed by atoms with Crippen LogP contribution in [0.25, 0.3) is 0 Å². The minimum atomic E-state index is -1.93. The summed E-state index contributed by atoms with van der Waals surface area (Å²) in [5, 5.41) is 9.83. The Morgan fingerprint density at radius 1 is 0.508 bits per heavy atom. The van der Waals surface area contributed by atoms with Gasteiger partial charge in [0.25, 0.3) is 0 Å². The van der Waals surface area contributed by atoms with Gasteiger partial charge in [-0.1, -0.05) is 142 Å². The summed E-state index contributed by atoms with van der Waals surface area (Å²) in [6, 6.07) is 39.0. The zero-order valence-corrected chi connectivity index (χ0v) is 37.9. The molecule has 6 rings (SSSR count). The standard InChI is InChI=1S/C28H40N2O3Si.C22H26N2O3/c1-28(2,3)34(4,5)33-22-25-20-29(26(31)18-23-12-8-6-9-13-23)16-17-30(21-25)27(32)19-24-14-10-7-11-15-24;25-17-20-15-23(21(26)13-18-7-3-1-4-8-18)11-12-24(16-20)22(27)14-19-9-5-2-6-10-19/h6-15,25H,16-22H2,1-5H3;1-10,20,25H,11-17H2. The van der Waals surface area contributed by atoms with Crippen LogP contribution >= 0.6 is 0 Å². The third-order valence-corrected chi connectivity index (χ3v) is 16.6. The molecule has 0 radical (unpaired) electrons. The fourth-order valence-electron chi connectivity index (χ4n) is 7.41. The molecule has 2 aliphatic heterocycles. The van der Waals surface area contributed by atoms with Crippen LogP contribution in [0.15, 0.2) is 121 Å². The molecule has 0 aliphatic carbocycles. The van der Waals surface area contributed by atoms with E-state index in [-0.39, 0.29) is 47.1 Å². The molecule has 61 heavy (non-hydrogen) atoms. The molecule has 0 spiro atoms. The first kappa shape index (κ1) is 47.0. The molecule has 0 saturated carbocycles. The number of amides is 4. The number of rotatable bonds is 12. The molecule has 0 bridgehead atoms. The highest BCUT2D eigenvalue weighted by atomic mass is 28.4. The second-order valence-corrected chi connectivity index (χ2v) is 22.8. The molecule has 326 valence electrons. The molecule has 0 atom stereocenters. The second-order valence-electron chi connectivity index (χ2n) is 18.0. The van der Waals surface area contributed by atoms with Gasteiger partial charge in [-0.3, -0.25) is 19.2 Å². The summed E-state index contributed by atoms with van der Waals surface area (Å²) >= 11 is 0. The number of aliphatic hydroxyl groups is 1. The molecule has 2 heterocycles. The predicted molar refractivity (Wildman–Crippen MR) is 244 cm³/mol. The van der Waals surface area contributed by atoms with Gasteiger partial charge >= 0.3 is 0 Å². The number of carbonyl (C=O) groups is 4. The topological polar surface area (TPSA) is 111 Å². The van der Waals surface area contributed by atoms with Crippen LogP contribution in [-0.4, -0.2) is 122 Å². The van der Waals surface area contributed by atoms with Crippen molar-refractivity contribution in [2.24, 2.45) is 11.8 Å². The first-order valence-electron chi connectivity index (χ1n) is 21.7. The van der Waals surface area contributed by atoms with E-state index in [1.807, 2.05) is 131 Å². The Balaban J connectivity index is 0.000000237. The van der Waals surface area contributed by atoms with Crippen molar-refractivity contribution in [2.45, 2.75) is 64.6 Å². The molecule has 10 nitrogen and oxygen atoms in total. The molecule has 2 saturated heterocycles. The lowest BCUT2D eigenvalue weighted by atomic mass is 10.1. The van der Waals surface area contributed by atoms with Crippen molar-refractivity contribution in [1.82, 2.24) is 19.6 Å². The summed E-state index contributed by atoms with van der Waals surface area (Å²) in [7, 11) is -1.93. The maximum Gasteiger partial charge on any atom is 0.227 e. The Morgan fingerprint density at radius 2 is 0.770 bits per heavy atom. The van der Waals surface area contributed by atoms with E-state index in [0.717, 1.165) is 22.3 Å². The van der Waals surface area contributed by atoms with E-state index >= 15 is 0 Å². The van der Waals surface area contributed by atoms with E-state index in [4.69, 9.17) is 4.43 Å². The van der Waals surface area contributed by atoms with E-state index in [2.05, 4.69) is 33.9 Å². The minimum absolute atomic E-state index is 0.0375. The van der Waals surface area contributed by atoms with Gasteiger partial charge in [0, 0.05) is 77.4 Å². The van der Waals surface area contributed by atoms with Crippen molar-refractivity contribution in [3.8, 4) is 0 Å². The van der Waals surface area contributed by atoms with Crippen LogP contribution in [0.2, 0.25) is 18.1 Å². The summed E-state index contributed by atoms with van der Waals surface area (Å²) in [6.45, 7) is 16.1. The fourth-order valence-corrected chi connectivity index (χ4v) is 8.49. The van der Waals surface area contributed by atoms with E-state index in [9.17, 15) is 24.3 Å². The molecule has 0 unspecified atom stereocenters. The number of hydrogen-bond donors (Lipinski definition) is 1. The largest absolute Gasteiger partial charge is 0.416 e. The third kappa shape index (κ3) is 14.8. The first-order chi connectivity index (χ1) is 29.2. The normalized spacial score (nSPS) is 15.6. The van der Waals surface area contributed by atoms with Gasteiger partial charge in [-0.25, -0.2) is 0 Å². The lowest BCUT2D eigenvalue weighted by Gasteiger charge is -2.38. The SMILES string of the molecule is CC(C)(C)[Si](C)(C)OCC1CN(C(=O)Cc2ccccc2)CCN(C(=O)Cc2ccccc2)C1.O=C(Cc1ccccc1)N1CCN(C(=O)Cc2ccccc2)CC(CO)C1. The van der Waals surface area contributed by atoms with Gasteiger partial charge in [0.1, 0.15) is 0 Å². The zero-order valence-electron chi connectivity index (χ0n) is 36.9. The van der Waals surface area contributed by atoms with Crippen LogP contribution in [0.3, 0.4) is 0 Å². The van der Waals surface area contributed by atoms with Crippen molar-refractivity contribution in [3.05, 3.63) is 144 Å². The Bertz CT molecular complexity index is 1850. The van der Waals surface area contributed by atoms with E-state index in [1.54, 1.807) is 9.80 Å². The number of hydrogen-bond acceptors (Lipinski definition) is 6. The second kappa shape index (κ2) is 22.7. The van der Waals surface area contributed by atoms with Gasteiger partial charge in [0.2, 0.25) is 23.6 Å². The molecular weight excluding hydrogens is 781 g/mol. The molecule has 2 aliphatic rings. The van der Waals surface area contributed by atoms with Gasteiger partial charge in [0.05, 0.1) is 25.7 Å². The van der Waals surface area contributed by atoms with Gasteiger partial charge in [0.15, 0.2) is 8.32 Å². The van der Waals surface area contributed by atoms with Crippen LogP contribution in [0, 0.1) is 11.8 Å². The number of nitrogens with zero attached hydrogens (tertiary/aromatic N) is 4. The number of benzene rings is 4. The van der Waals surface area contributed by atoms with Gasteiger partial charge in [-0.2, -0.15) is 0 Å². The average Bonchev–Trinajstić information content (AvgIpc) is 3.62. The Kier molecular flexibility index (Phi) is 17.4. The van der Waals surface area contributed by atoms with E-state index in [0.29, 0.717) is 84.6 Å². The van der Waals surface area contributed by atoms with Crippen LogP contribution < -0.4 is 0 Å².